The molecule has 0 aliphatic heterocycles. The maximum Gasteiger partial charge on any atom is 0.309 e. The largest absolute Gasteiger partial charge is 0.512 e. The van der Waals surface area contributed by atoms with Gasteiger partial charge in [-0.25, -0.2) is 4.79 Å². The molecule has 6 N–H and O–H groups in total. The van der Waals surface area contributed by atoms with Gasteiger partial charge in [-0.05, 0) is 0 Å². The smallest absolute Gasteiger partial charge is 0.309 e. The van der Waals surface area contributed by atoms with Crippen molar-refractivity contribution >= 4 is 6.03 Å². The second kappa shape index (κ2) is 9.15. The molecule has 8 heavy (non-hydrogen) atoms. The first-order chi connectivity index (χ1) is 3.65. The summed E-state index contributed by atoms with van der Waals surface area (Å²) in [6.07, 6.45) is 1.11. The average molecular weight is 120 g/mol. The quantitative estimate of drug-likeness (QED) is 0.326. The van der Waals surface area contributed by atoms with E-state index in [0.29, 0.717) is 12.5 Å². The van der Waals surface area contributed by atoms with E-state index in [9.17, 15) is 0 Å². The molecule has 5 nitrogen and oxygen atoms in total. The number of aliphatic hydroxyl groups is 2. The van der Waals surface area contributed by atoms with Crippen molar-refractivity contribution in [3.05, 3.63) is 12.5 Å². The predicted octanol–water partition coefficient (Wildman–Crippen LogP) is -0.403. The zero-order valence-electron chi connectivity index (χ0n) is 4.11. The molecule has 0 aromatic rings. The minimum absolute atomic E-state index is 0.556. The van der Waals surface area contributed by atoms with Gasteiger partial charge in [0.25, 0.3) is 0 Å². The van der Waals surface area contributed by atoms with Gasteiger partial charge in [0.05, 0.1) is 0 Å². The Hall–Kier alpha value is -1.39. The SMILES string of the molecule is NC(N)=O.OC=CO. The monoisotopic (exact) mass is 120 g/mol. The number of nitrogens with two attached hydrogens (primary N) is 2. The average Bonchev–Trinajstić information content (AvgIpc) is 1.65. The number of amides is 2. The van der Waals surface area contributed by atoms with Crippen LogP contribution in [0, 0.1) is 0 Å². The van der Waals surface area contributed by atoms with Crippen molar-refractivity contribution in [2.24, 2.45) is 11.5 Å². The minimum atomic E-state index is -0.833. The highest BCUT2D eigenvalue weighted by molar-refractivity contribution is 5.69. The minimum Gasteiger partial charge on any atom is -0.512 e. The fraction of sp³-hybridized carbons (Fsp3) is 0. The van der Waals surface area contributed by atoms with Crippen molar-refractivity contribution in [2.75, 3.05) is 0 Å². The summed E-state index contributed by atoms with van der Waals surface area (Å²) in [5.74, 6) is 0. The normalized spacial score (nSPS) is 7.50. The van der Waals surface area contributed by atoms with Gasteiger partial charge in [0.15, 0.2) is 0 Å². The molecule has 5 heteroatoms. The van der Waals surface area contributed by atoms with E-state index < -0.39 is 6.03 Å². The molecular formula is C3H8N2O3. The first kappa shape index (κ1) is 9.79. The number of rotatable bonds is 0. The van der Waals surface area contributed by atoms with Gasteiger partial charge in [0.2, 0.25) is 0 Å². The van der Waals surface area contributed by atoms with Crippen LogP contribution >= 0.6 is 0 Å². The highest BCUT2D eigenvalue weighted by Gasteiger charge is 1.60. The standard InChI is InChI=1S/C2H4O2.CH4N2O/c3-1-2-4;2-1(3)4/h1-4H;(H4,2,3,4). The highest BCUT2D eigenvalue weighted by Crippen LogP contribution is 1.44. The molecule has 0 spiro atoms. The van der Waals surface area contributed by atoms with Crippen LogP contribution in [0.2, 0.25) is 0 Å². The molecule has 0 atom stereocenters. The Balaban J connectivity index is 0. The summed E-state index contributed by atoms with van der Waals surface area (Å²) in [6, 6.07) is -0.833. The van der Waals surface area contributed by atoms with Crippen LogP contribution < -0.4 is 11.5 Å². The Kier molecular flexibility index (Phi) is 11.2. The summed E-state index contributed by atoms with van der Waals surface area (Å²) in [5, 5.41) is 14.9. The maximum absolute atomic E-state index is 9.00. The van der Waals surface area contributed by atoms with E-state index in [4.69, 9.17) is 15.0 Å². The first-order valence-corrected chi connectivity index (χ1v) is 1.63. The molecule has 0 saturated carbocycles. The third-order valence-corrected chi connectivity index (χ3v) is 0.0667. The summed E-state index contributed by atoms with van der Waals surface area (Å²) in [4.78, 5) is 9.00. The lowest BCUT2D eigenvalue weighted by Gasteiger charge is -1.62. The second-order valence-electron chi connectivity index (χ2n) is 0.701. The van der Waals surface area contributed by atoms with Crippen molar-refractivity contribution in [3.63, 3.8) is 0 Å². The summed E-state index contributed by atoms with van der Waals surface area (Å²) >= 11 is 0. The molecule has 0 radical (unpaired) electrons. The van der Waals surface area contributed by atoms with Crippen LogP contribution in [-0.2, 0) is 0 Å². The first-order valence-electron chi connectivity index (χ1n) is 1.63. The topological polar surface area (TPSA) is 110 Å². The molecule has 0 saturated heterocycles. The number of hydrogen-bond donors (Lipinski definition) is 4. The van der Waals surface area contributed by atoms with Crippen molar-refractivity contribution in [2.45, 2.75) is 0 Å². The molecule has 0 rings (SSSR count). The van der Waals surface area contributed by atoms with Gasteiger partial charge in [-0.15, -0.1) is 0 Å². The van der Waals surface area contributed by atoms with E-state index in [1.54, 1.807) is 0 Å². The van der Waals surface area contributed by atoms with Crippen molar-refractivity contribution in [1.29, 1.82) is 0 Å². The van der Waals surface area contributed by atoms with Crippen LogP contribution in [0.1, 0.15) is 0 Å². The van der Waals surface area contributed by atoms with Crippen molar-refractivity contribution < 1.29 is 15.0 Å². The maximum atomic E-state index is 9.00. The van der Waals surface area contributed by atoms with E-state index in [0.717, 1.165) is 0 Å². The van der Waals surface area contributed by atoms with Crippen LogP contribution in [0.3, 0.4) is 0 Å². The van der Waals surface area contributed by atoms with E-state index in [1.165, 1.54) is 0 Å². The number of carbonyl (C=O) groups is 1. The van der Waals surface area contributed by atoms with Crippen LogP contribution in [0.15, 0.2) is 12.5 Å². The molecule has 0 unspecified atom stereocenters. The lowest BCUT2D eigenvalue weighted by Crippen LogP contribution is -2.18. The molecular weight excluding hydrogens is 112 g/mol. The molecule has 0 aromatic carbocycles. The third-order valence-electron chi connectivity index (χ3n) is 0.0667. The molecule has 0 aliphatic carbocycles. The second-order valence-corrected chi connectivity index (χ2v) is 0.701. The molecule has 0 heterocycles. The van der Waals surface area contributed by atoms with Crippen LogP contribution in [-0.4, -0.2) is 16.2 Å². The van der Waals surface area contributed by atoms with Gasteiger partial charge < -0.3 is 21.7 Å². The molecule has 0 fully saturated rings. The van der Waals surface area contributed by atoms with E-state index in [-0.39, 0.29) is 0 Å². The number of primary amides is 2. The zero-order valence-corrected chi connectivity index (χ0v) is 4.11. The van der Waals surface area contributed by atoms with Gasteiger partial charge >= 0.3 is 6.03 Å². The van der Waals surface area contributed by atoms with Gasteiger partial charge in [-0.2, -0.15) is 0 Å². The Morgan fingerprint density at radius 1 is 1.25 bits per heavy atom. The molecule has 0 aliphatic rings. The third kappa shape index (κ3) is 395. The van der Waals surface area contributed by atoms with E-state index >= 15 is 0 Å². The highest BCUT2D eigenvalue weighted by atomic mass is 16.3. The summed E-state index contributed by atoms with van der Waals surface area (Å²) in [7, 11) is 0. The number of carbonyl (C=O) groups excluding carboxylic acids is 1. The van der Waals surface area contributed by atoms with Crippen LogP contribution in [0.4, 0.5) is 4.79 Å². The molecule has 0 bridgehead atoms. The van der Waals surface area contributed by atoms with Gasteiger partial charge in [-0.3, -0.25) is 0 Å². The fourth-order valence-electron chi connectivity index (χ4n) is 0. The molecule has 2 amide bonds. The van der Waals surface area contributed by atoms with Crippen molar-refractivity contribution in [1.82, 2.24) is 0 Å². The van der Waals surface area contributed by atoms with E-state index in [2.05, 4.69) is 11.5 Å². The summed E-state index contributed by atoms with van der Waals surface area (Å²) in [5.41, 5.74) is 8.50. The molecule has 0 aromatic heterocycles. The Bertz CT molecular complexity index is 72.6. The zero-order chi connectivity index (χ0) is 6.99. The van der Waals surface area contributed by atoms with Gasteiger partial charge in [-0.1, -0.05) is 0 Å². The van der Waals surface area contributed by atoms with Crippen LogP contribution in [0.5, 0.6) is 0 Å². The number of urea groups is 1. The number of aliphatic hydroxyl groups excluding tert-OH is 2. The van der Waals surface area contributed by atoms with Crippen LogP contribution in [0.25, 0.3) is 0 Å². The van der Waals surface area contributed by atoms with Crippen molar-refractivity contribution in [3.8, 4) is 0 Å². The molecule has 48 valence electrons. The summed E-state index contributed by atoms with van der Waals surface area (Å²) < 4.78 is 0. The Morgan fingerprint density at radius 3 is 1.38 bits per heavy atom. The Labute approximate surface area is 46.2 Å². The van der Waals surface area contributed by atoms with Gasteiger partial charge in [0, 0.05) is 0 Å². The Morgan fingerprint density at radius 2 is 1.38 bits per heavy atom. The number of hydrogen-bond acceptors (Lipinski definition) is 3. The van der Waals surface area contributed by atoms with E-state index in [1.807, 2.05) is 0 Å². The summed E-state index contributed by atoms with van der Waals surface area (Å²) in [6.45, 7) is 0. The lowest BCUT2D eigenvalue weighted by molar-refractivity contribution is 0.256. The lowest BCUT2D eigenvalue weighted by atomic mass is 11.1. The fourth-order valence-corrected chi connectivity index (χ4v) is 0. The predicted molar refractivity (Wildman–Crippen MR) is 28.2 cm³/mol. The van der Waals surface area contributed by atoms with Gasteiger partial charge in [0.1, 0.15) is 12.5 Å².